The van der Waals surface area contributed by atoms with Crippen molar-refractivity contribution in [1.29, 1.82) is 0 Å². The van der Waals surface area contributed by atoms with E-state index in [0.29, 0.717) is 11.3 Å². The predicted molar refractivity (Wildman–Crippen MR) is 96.0 cm³/mol. The largest absolute Gasteiger partial charge is 0.497 e. The number of ether oxygens (including phenoxy) is 1. The molecular formula is C17H21ClN2O3S. The van der Waals surface area contributed by atoms with E-state index in [9.17, 15) is 8.42 Å². The van der Waals surface area contributed by atoms with E-state index < -0.39 is 10.0 Å². The lowest BCUT2D eigenvalue weighted by atomic mass is 10.1. The van der Waals surface area contributed by atoms with E-state index >= 15 is 0 Å². The van der Waals surface area contributed by atoms with Crippen LogP contribution in [0.1, 0.15) is 22.3 Å². The molecule has 0 radical (unpaired) electrons. The number of aryl methyl sites for hydroxylation is 1. The fourth-order valence-electron chi connectivity index (χ4n) is 2.76. The van der Waals surface area contributed by atoms with Gasteiger partial charge in [-0.25, -0.2) is 13.1 Å². The molecule has 1 aliphatic rings. The molecule has 5 nitrogen and oxygen atoms in total. The van der Waals surface area contributed by atoms with Gasteiger partial charge in [0.05, 0.1) is 12.0 Å². The minimum Gasteiger partial charge on any atom is -0.497 e. The number of methoxy groups -OCH3 is 1. The Balaban J connectivity index is 0.00000208. The van der Waals surface area contributed by atoms with Crippen LogP contribution in [0, 0.1) is 6.92 Å². The Morgan fingerprint density at radius 3 is 2.58 bits per heavy atom. The molecule has 0 atom stereocenters. The molecule has 0 aliphatic carbocycles. The van der Waals surface area contributed by atoms with Gasteiger partial charge in [-0.2, -0.15) is 0 Å². The van der Waals surface area contributed by atoms with Gasteiger partial charge in [-0.3, -0.25) is 0 Å². The van der Waals surface area contributed by atoms with Crippen molar-refractivity contribution < 1.29 is 13.2 Å². The van der Waals surface area contributed by atoms with Gasteiger partial charge < -0.3 is 10.1 Å². The van der Waals surface area contributed by atoms with Crippen LogP contribution < -0.4 is 14.8 Å². The number of hydrogen-bond donors (Lipinski definition) is 2. The highest BCUT2D eigenvalue weighted by atomic mass is 35.5. The van der Waals surface area contributed by atoms with Crippen LogP contribution in [0.2, 0.25) is 0 Å². The van der Waals surface area contributed by atoms with Gasteiger partial charge in [0.25, 0.3) is 0 Å². The molecule has 2 aromatic rings. The van der Waals surface area contributed by atoms with Gasteiger partial charge in [0.15, 0.2) is 0 Å². The number of fused-ring (bicyclic) bond motifs is 1. The molecule has 1 aliphatic heterocycles. The molecule has 0 saturated heterocycles. The van der Waals surface area contributed by atoms with Gasteiger partial charge in [-0.1, -0.05) is 18.2 Å². The van der Waals surface area contributed by atoms with Gasteiger partial charge in [-0.05, 0) is 47.4 Å². The summed E-state index contributed by atoms with van der Waals surface area (Å²) in [7, 11) is -1.99. The summed E-state index contributed by atoms with van der Waals surface area (Å²) in [5.74, 6) is 0.646. The minimum absolute atomic E-state index is 0. The van der Waals surface area contributed by atoms with Crippen molar-refractivity contribution in [3.63, 3.8) is 0 Å². The Bertz CT molecular complexity index is 838. The maximum Gasteiger partial charge on any atom is 0.241 e. The first kappa shape index (κ1) is 18.7. The second-order valence-corrected chi connectivity index (χ2v) is 7.40. The Morgan fingerprint density at radius 2 is 1.88 bits per heavy atom. The van der Waals surface area contributed by atoms with Gasteiger partial charge in [0.2, 0.25) is 10.0 Å². The van der Waals surface area contributed by atoms with Gasteiger partial charge >= 0.3 is 0 Å². The second kappa shape index (κ2) is 7.53. The van der Waals surface area contributed by atoms with Crippen molar-refractivity contribution >= 4 is 22.4 Å². The van der Waals surface area contributed by atoms with Crippen molar-refractivity contribution in [2.75, 3.05) is 7.11 Å². The molecule has 2 N–H and O–H groups in total. The first-order chi connectivity index (χ1) is 11.0. The van der Waals surface area contributed by atoms with Crippen LogP contribution in [0.15, 0.2) is 41.3 Å². The van der Waals surface area contributed by atoms with Crippen LogP contribution in [-0.2, 0) is 29.7 Å². The SMILES string of the molecule is COc1ccc(S(=O)(=O)NCc2ccc3c(c2)CNC3)c(C)c1.Cl. The van der Waals surface area contributed by atoms with Crippen LogP contribution in [0.3, 0.4) is 0 Å². The predicted octanol–water partition coefficient (Wildman–Crippen LogP) is 2.51. The summed E-state index contributed by atoms with van der Waals surface area (Å²) < 4.78 is 32.8. The zero-order valence-corrected chi connectivity index (χ0v) is 15.3. The Labute approximate surface area is 148 Å². The number of rotatable bonds is 5. The van der Waals surface area contributed by atoms with Crippen molar-refractivity contribution in [2.45, 2.75) is 31.5 Å². The Hall–Kier alpha value is -1.60. The van der Waals surface area contributed by atoms with Crippen LogP contribution in [-0.4, -0.2) is 15.5 Å². The Kier molecular flexibility index (Phi) is 5.87. The zero-order valence-electron chi connectivity index (χ0n) is 13.6. The molecule has 24 heavy (non-hydrogen) atoms. The van der Waals surface area contributed by atoms with Crippen LogP contribution in [0.4, 0.5) is 0 Å². The molecule has 3 rings (SSSR count). The summed E-state index contributed by atoms with van der Waals surface area (Å²) >= 11 is 0. The molecule has 0 unspecified atom stereocenters. The number of halogens is 1. The number of sulfonamides is 1. The van der Waals surface area contributed by atoms with E-state index in [4.69, 9.17) is 4.74 Å². The average molecular weight is 369 g/mol. The lowest BCUT2D eigenvalue weighted by Crippen LogP contribution is -2.24. The quantitative estimate of drug-likeness (QED) is 0.851. The number of benzene rings is 2. The maximum absolute atomic E-state index is 12.5. The second-order valence-electron chi connectivity index (χ2n) is 5.66. The highest BCUT2D eigenvalue weighted by molar-refractivity contribution is 7.89. The Morgan fingerprint density at radius 1 is 1.12 bits per heavy atom. The third-order valence-electron chi connectivity index (χ3n) is 4.04. The van der Waals surface area contributed by atoms with Crippen LogP contribution in [0.25, 0.3) is 0 Å². The normalized spacial score (nSPS) is 13.2. The number of hydrogen-bond acceptors (Lipinski definition) is 4. The standard InChI is InChI=1S/C17H20N2O3S.ClH/c1-12-7-16(22-2)5-6-17(12)23(20,21)19-9-13-3-4-14-10-18-11-15(14)8-13;/h3-8,18-19H,9-11H2,1-2H3;1H. The highest BCUT2D eigenvalue weighted by Gasteiger charge is 2.17. The summed E-state index contributed by atoms with van der Waals surface area (Å²) in [6.45, 7) is 3.76. The summed E-state index contributed by atoms with van der Waals surface area (Å²) in [6, 6.07) is 11.0. The molecule has 7 heteroatoms. The molecule has 0 amide bonds. The molecule has 0 fully saturated rings. The van der Waals surface area contributed by atoms with Crippen molar-refractivity contribution in [3.8, 4) is 5.75 Å². The lowest BCUT2D eigenvalue weighted by molar-refractivity contribution is 0.414. The summed E-state index contributed by atoms with van der Waals surface area (Å²) in [5, 5.41) is 3.28. The third-order valence-corrected chi connectivity index (χ3v) is 5.60. The first-order valence-electron chi connectivity index (χ1n) is 7.45. The maximum atomic E-state index is 12.5. The monoisotopic (exact) mass is 368 g/mol. The number of nitrogens with one attached hydrogen (secondary N) is 2. The van der Waals surface area contributed by atoms with Crippen molar-refractivity contribution in [2.24, 2.45) is 0 Å². The van der Waals surface area contributed by atoms with Crippen LogP contribution >= 0.6 is 12.4 Å². The minimum atomic E-state index is -3.55. The molecule has 1 heterocycles. The van der Waals surface area contributed by atoms with E-state index in [1.54, 1.807) is 32.2 Å². The van der Waals surface area contributed by atoms with E-state index in [-0.39, 0.29) is 23.8 Å². The van der Waals surface area contributed by atoms with Crippen molar-refractivity contribution in [3.05, 3.63) is 58.7 Å². The van der Waals surface area contributed by atoms with E-state index in [2.05, 4.69) is 22.2 Å². The third kappa shape index (κ3) is 3.89. The fraction of sp³-hybridized carbons (Fsp3) is 0.294. The van der Waals surface area contributed by atoms with Gasteiger partial charge in [-0.15, -0.1) is 12.4 Å². The lowest BCUT2D eigenvalue weighted by Gasteiger charge is -2.11. The molecule has 0 bridgehead atoms. The topological polar surface area (TPSA) is 67.4 Å². The van der Waals surface area contributed by atoms with Gasteiger partial charge in [0.1, 0.15) is 5.75 Å². The molecule has 0 aromatic heterocycles. The summed E-state index contributed by atoms with van der Waals surface area (Å²) in [5.41, 5.74) is 4.14. The average Bonchev–Trinajstić information content (AvgIpc) is 3.00. The summed E-state index contributed by atoms with van der Waals surface area (Å²) in [4.78, 5) is 0.279. The molecule has 2 aromatic carbocycles. The molecular weight excluding hydrogens is 348 g/mol. The van der Waals surface area contributed by atoms with Crippen molar-refractivity contribution in [1.82, 2.24) is 10.0 Å². The first-order valence-corrected chi connectivity index (χ1v) is 8.93. The molecule has 0 saturated carbocycles. The smallest absolute Gasteiger partial charge is 0.241 e. The highest BCUT2D eigenvalue weighted by Crippen LogP contribution is 2.21. The molecule has 0 spiro atoms. The van der Waals surface area contributed by atoms with E-state index in [0.717, 1.165) is 18.7 Å². The van der Waals surface area contributed by atoms with Gasteiger partial charge in [0, 0.05) is 19.6 Å². The molecule has 130 valence electrons. The van der Waals surface area contributed by atoms with Crippen LogP contribution in [0.5, 0.6) is 5.75 Å². The fourth-order valence-corrected chi connectivity index (χ4v) is 4.01. The summed E-state index contributed by atoms with van der Waals surface area (Å²) in [6.07, 6.45) is 0. The zero-order chi connectivity index (χ0) is 16.4. The van der Waals surface area contributed by atoms with E-state index in [1.165, 1.54) is 11.1 Å². The van der Waals surface area contributed by atoms with E-state index in [1.807, 2.05) is 6.07 Å².